The monoisotopic (exact) mass is 197 g/mol. The van der Waals surface area contributed by atoms with Crippen LogP contribution in [-0.2, 0) is 0 Å². The van der Waals surface area contributed by atoms with E-state index in [9.17, 15) is 0 Å². The van der Waals surface area contributed by atoms with Gasteiger partial charge in [-0.05, 0) is 18.4 Å². The second kappa shape index (κ2) is 4.77. The molecule has 2 unspecified atom stereocenters. The molecule has 0 radical (unpaired) electrons. The van der Waals surface area contributed by atoms with Crippen molar-refractivity contribution in [1.82, 2.24) is 5.32 Å². The third-order valence-corrected chi connectivity index (χ3v) is 3.41. The average molecular weight is 197 g/mol. The zero-order valence-corrected chi connectivity index (χ0v) is 9.69. The maximum absolute atomic E-state index is 3.54. The van der Waals surface area contributed by atoms with Crippen LogP contribution in [0.1, 0.15) is 38.5 Å². The Balaban J connectivity index is 2.52. The summed E-state index contributed by atoms with van der Waals surface area (Å²) in [7, 11) is 0. The van der Waals surface area contributed by atoms with Crippen LogP contribution in [0.15, 0.2) is 17.5 Å². The molecule has 0 aliphatic carbocycles. The van der Waals surface area contributed by atoms with E-state index in [-0.39, 0.29) is 0 Å². The van der Waals surface area contributed by atoms with Gasteiger partial charge in [0.25, 0.3) is 0 Å². The minimum atomic E-state index is 0.554. The van der Waals surface area contributed by atoms with E-state index in [4.69, 9.17) is 0 Å². The van der Waals surface area contributed by atoms with Crippen molar-refractivity contribution in [3.63, 3.8) is 0 Å². The quantitative estimate of drug-likeness (QED) is 0.781. The predicted octanol–water partition coefficient (Wildman–Crippen LogP) is 3.24. The second-order valence-corrected chi connectivity index (χ2v) is 4.89. The van der Waals surface area contributed by atoms with Crippen LogP contribution < -0.4 is 5.32 Å². The van der Waals surface area contributed by atoms with E-state index in [2.05, 4.69) is 50.5 Å². The molecule has 1 aromatic heterocycles. The highest BCUT2D eigenvalue weighted by Crippen LogP contribution is 2.23. The van der Waals surface area contributed by atoms with Crippen LogP contribution in [0.3, 0.4) is 0 Å². The van der Waals surface area contributed by atoms with E-state index >= 15 is 0 Å². The van der Waals surface area contributed by atoms with Gasteiger partial charge in [0.1, 0.15) is 0 Å². The summed E-state index contributed by atoms with van der Waals surface area (Å²) < 4.78 is 0. The van der Waals surface area contributed by atoms with Gasteiger partial charge in [-0.3, -0.25) is 0 Å². The highest BCUT2D eigenvalue weighted by Gasteiger charge is 2.15. The van der Waals surface area contributed by atoms with Crippen LogP contribution in [0.2, 0.25) is 0 Å². The topological polar surface area (TPSA) is 12.0 Å². The van der Waals surface area contributed by atoms with Gasteiger partial charge in [0.15, 0.2) is 0 Å². The van der Waals surface area contributed by atoms with Crippen molar-refractivity contribution in [2.24, 2.45) is 0 Å². The highest BCUT2D eigenvalue weighted by atomic mass is 32.1. The number of hydrogen-bond acceptors (Lipinski definition) is 2. The number of nitrogens with one attached hydrogen (secondary N) is 1. The molecular formula is C11H19NS. The summed E-state index contributed by atoms with van der Waals surface area (Å²) in [5.74, 6) is 0.613. The van der Waals surface area contributed by atoms with Gasteiger partial charge in [0.05, 0.1) is 0 Å². The fourth-order valence-corrected chi connectivity index (χ4v) is 2.36. The fraction of sp³-hybridized carbons (Fsp3) is 0.636. The van der Waals surface area contributed by atoms with Crippen molar-refractivity contribution in [1.29, 1.82) is 0 Å². The first-order chi connectivity index (χ1) is 6.11. The standard InChI is InChI=1S/C11H19NS/c1-8(2)12-10(4)9(3)11-6-5-7-13-11/h5-10,12H,1-4H3. The van der Waals surface area contributed by atoms with E-state index in [1.165, 1.54) is 4.88 Å². The lowest BCUT2D eigenvalue weighted by molar-refractivity contribution is 0.443. The van der Waals surface area contributed by atoms with Gasteiger partial charge in [0.2, 0.25) is 0 Å². The first kappa shape index (κ1) is 10.7. The zero-order chi connectivity index (χ0) is 9.84. The van der Waals surface area contributed by atoms with Crippen LogP contribution >= 0.6 is 11.3 Å². The van der Waals surface area contributed by atoms with Gasteiger partial charge < -0.3 is 5.32 Å². The number of hydrogen-bond donors (Lipinski definition) is 1. The SMILES string of the molecule is CC(C)NC(C)C(C)c1cccs1. The van der Waals surface area contributed by atoms with Gasteiger partial charge in [0, 0.05) is 22.9 Å². The van der Waals surface area contributed by atoms with Gasteiger partial charge >= 0.3 is 0 Å². The summed E-state index contributed by atoms with van der Waals surface area (Å²) in [6.07, 6.45) is 0. The molecular weight excluding hydrogens is 178 g/mol. The molecule has 1 nitrogen and oxygen atoms in total. The van der Waals surface area contributed by atoms with Crippen molar-refractivity contribution in [3.8, 4) is 0 Å². The van der Waals surface area contributed by atoms with Crippen LogP contribution in [-0.4, -0.2) is 12.1 Å². The van der Waals surface area contributed by atoms with Crippen molar-refractivity contribution in [3.05, 3.63) is 22.4 Å². The largest absolute Gasteiger partial charge is 0.311 e. The van der Waals surface area contributed by atoms with Crippen LogP contribution in [0.4, 0.5) is 0 Å². The molecule has 0 aliphatic rings. The first-order valence-electron chi connectivity index (χ1n) is 4.90. The normalized spacial score (nSPS) is 16.1. The third-order valence-electron chi connectivity index (χ3n) is 2.34. The Morgan fingerprint density at radius 3 is 2.38 bits per heavy atom. The smallest absolute Gasteiger partial charge is 0.0115 e. The first-order valence-corrected chi connectivity index (χ1v) is 5.78. The molecule has 0 bridgehead atoms. The Kier molecular flexibility index (Phi) is 3.94. The maximum Gasteiger partial charge on any atom is 0.0115 e. The molecule has 0 aliphatic heterocycles. The van der Waals surface area contributed by atoms with Crippen molar-refractivity contribution < 1.29 is 0 Å². The Bertz CT molecular complexity index is 228. The molecule has 13 heavy (non-hydrogen) atoms. The summed E-state index contributed by atoms with van der Waals surface area (Å²) in [5.41, 5.74) is 0. The van der Waals surface area contributed by atoms with Gasteiger partial charge in [-0.25, -0.2) is 0 Å². The summed E-state index contributed by atoms with van der Waals surface area (Å²) >= 11 is 1.85. The fourth-order valence-electron chi connectivity index (χ4n) is 1.47. The van der Waals surface area contributed by atoms with Gasteiger partial charge in [-0.15, -0.1) is 11.3 Å². The minimum absolute atomic E-state index is 0.554. The molecule has 74 valence electrons. The average Bonchev–Trinajstić information content (AvgIpc) is 2.53. The summed E-state index contributed by atoms with van der Waals surface area (Å²) in [5, 5.41) is 5.68. The van der Waals surface area contributed by atoms with E-state index < -0.39 is 0 Å². The molecule has 2 heteroatoms. The zero-order valence-electron chi connectivity index (χ0n) is 8.87. The number of thiophene rings is 1. The van der Waals surface area contributed by atoms with Crippen molar-refractivity contribution in [2.75, 3.05) is 0 Å². The minimum Gasteiger partial charge on any atom is -0.311 e. The summed E-state index contributed by atoms with van der Waals surface area (Å²) in [6.45, 7) is 8.92. The molecule has 1 N–H and O–H groups in total. The molecule has 0 spiro atoms. The van der Waals surface area contributed by atoms with Gasteiger partial charge in [-0.2, -0.15) is 0 Å². The molecule has 1 aromatic rings. The molecule has 0 saturated heterocycles. The van der Waals surface area contributed by atoms with Gasteiger partial charge in [-0.1, -0.05) is 26.8 Å². The highest BCUT2D eigenvalue weighted by molar-refractivity contribution is 7.10. The summed E-state index contributed by atoms with van der Waals surface area (Å²) in [4.78, 5) is 1.47. The lowest BCUT2D eigenvalue weighted by atomic mass is 10.0. The predicted molar refractivity (Wildman–Crippen MR) is 60.5 cm³/mol. The molecule has 0 saturated carbocycles. The third kappa shape index (κ3) is 3.12. The Morgan fingerprint density at radius 1 is 1.23 bits per heavy atom. The lowest BCUT2D eigenvalue weighted by Crippen LogP contribution is -2.35. The maximum atomic E-state index is 3.54. The lowest BCUT2D eigenvalue weighted by Gasteiger charge is -2.22. The Hall–Kier alpha value is -0.340. The molecule has 1 heterocycles. The van der Waals surface area contributed by atoms with Crippen LogP contribution in [0.25, 0.3) is 0 Å². The van der Waals surface area contributed by atoms with Crippen LogP contribution in [0.5, 0.6) is 0 Å². The van der Waals surface area contributed by atoms with Crippen molar-refractivity contribution >= 4 is 11.3 Å². The van der Waals surface area contributed by atoms with E-state index in [0.29, 0.717) is 18.0 Å². The molecule has 1 rings (SSSR count). The van der Waals surface area contributed by atoms with E-state index in [0.717, 1.165) is 0 Å². The number of rotatable bonds is 4. The van der Waals surface area contributed by atoms with E-state index in [1.807, 2.05) is 11.3 Å². The van der Waals surface area contributed by atoms with Crippen LogP contribution in [0, 0.1) is 0 Å². The van der Waals surface area contributed by atoms with Crippen molar-refractivity contribution in [2.45, 2.75) is 45.7 Å². The van der Waals surface area contributed by atoms with E-state index in [1.54, 1.807) is 0 Å². The Morgan fingerprint density at radius 2 is 1.92 bits per heavy atom. The second-order valence-electron chi connectivity index (χ2n) is 3.91. The Labute approximate surface area is 85.2 Å². The summed E-state index contributed by atoms with van der Waals surface area (Å²) in [6, 6.07) is 5.46. The molecule has 2 atom stereocenters. The molecule has 0 aromatic carbocycles. The molecule has 0 amide bonds. The molecule has 0 fully saturated rings.